The third-order valence-electron chi connectivity index (χ3n) is 1.84. The van der Waals surface area contributed by atoms with Crippen molar-refractivity contribution in [3.63, 3.8) is 0 Å². The lowest BCUT2D eigenvalue weighted by Crippen LogP contribution is -2.40. The molecule has 0 aromatic rings. The zero-order valence-electron chi connectivity index (χ0n) is 12.4. The number of alkyl carbamates (subject to hydrolysis) is 1. The molecule has 1 atom stereocenters. The summed E-state index contributed by atoms with van der Waals surface area (Å²) >= 11 is 0. The van der Waals surface area contributed by atoms with Crippen LogP contribution < -0.4 is 5.32 Å². The second-order valence-electron chi connectivity index (χ2n) is 6.40. The molecule has 0 aliphatic rings. The van der Waals surface area contributed by atoms with E-state index in [9.17, 15) is 9.59 Å². The molecule has 0 aliphatic heterocycles. The summed E-state index contributed by atoms with van der Waals surface area (Å²) < 4.78 is 10.2. The molecule has 0 bridgehead atoms. The monoisotopic (exact) mass is 259 g/mol. The molecular formula is C13H25NO4. The Morgan fingerprint density at radius 3 is 2.00 bits per heavy atom. The van der Waals surface area contributed by atoms with E-state index in [0.29, 0.717) is 0 Å². The first kappa shape index (κ1) is 16.7. The summed E-state index contributed by atoms with van der Waals surface area (Å²) in [5.41, 5.74) is -1.07. The molecule has 0 radical (unpaired) electrons. The molecule has 0 aromatic heterocycles. The number of ether oxygens (including phenoxy) is 2. The van der Waals surface area contributed by atoms with Gasteiger partial charge in [-0.3, -0.25) is 4.79 Å². The highest BCUT2D eigenvalue weighted by molar-refractivity contribution is 5.75. The first-order valence-corrected chi connectivity index (χ1v) is 6.08. The maximum Gasteiger partial charge on any atom is 0.407 e. The van der Waals surface area contributed by atoms with E-state index in [4.69, 9.17) is 9.47 Å². The van der Waals surface area contributed by atoms with Gasteiger partial charge in [-0.15, -0.1) is 0 Å². The van der Waals surface area contributed by atoms with E-state index in [1.54, 1.807) is 48.5 Å². The van der Waals surface area contributed by atoms with Gasteiger partial charge in [-0.2, -0.15) is 0 Å². The predicted octanol–water partition coefficient (Wildman–Crippen LogP) is 2.49. The Bertz CT molecular complexity index is 299. The van der Waals surface area contributed by atoms with Crippen molar-refractivity contribution in [1.29, 1.82) is 0 Å². The standard InChI is InChI=1S/C13H25NO4/c1-9(8-17-10(15)12(2,3)4)14-11(16)18-13(5,6)7/h9H,8H2,1-7H3,(H,14,16). The van der Waals surface area contributed by atoms with Gasteiger partial charge in [0.1, 0.15) is 12.2 Å². The van der Waals surface area contributed by atoms with Crippen molar-refractivity contribution in [3.05, 3.63) is 0 Å². The maximum atomic E-state index is 11.5. The summed E-state index contributed by atoms with van der Waals surface area (Å²) in [7, 11) is 0. The van der Waals surface area contributed by atoms with Gasteiger partial charge in [-0.1, -0.05) is 0 Å². The minimum Gasteiger partial charge on any atom is -0.463 e. The molecule has 0 aliphatic carbocycles. The molecule has 5 heteroatoms. The molecule has 1 unspecified atom stereocenters. The lowest BCUT2D eigenvalue weighted by molar-refractivity contribution is -0.153. The van der Waals surface area contributed by atoms with Crippen molar-refractivity contribution in [2.45, 2.75) is 60.1 Å². The number of nitrogens with one attached hydrogen (secondary N) is 1. The molecule has 0 heterocycles. The molecule has 106 valence electrons. The van der Waals surface area contributed by atoms with E-state index in [1.807, 2.05) is 0 Å². The molecule has 0 saturated carbocycles. The first-order valence-electron chi connectivity index (χ1n) is 6.08. The Hall–Kier alpha value is -1.26. The number of hydrogen-bond acceptors (Lipinski definition) is 4. The quantitative estimate of drug-likeness (QED) is 0.791. The van der Waals surface area contributed by atoms with Crippen LogP contribution in [0.25, 0.3) is 0 Å². The van der Waals surface area contributed by atoms with Crippen LogP contribution in [0.3, 0.4) is 0 Å². The van der Waals surface area contributed by atoms with Gasteiger partial charge in [-0.25, -0.2) is 4.79 Å². The van der Waals surface area contributed by atoms with Crippen molar-refractivity contribution >= 4 is 12.1 Å². The molecule has 5 nitrogen and oxygen atoms in total. The Balaban J connectivity index is 4.03. The van der Waals surface area contributed by atoms with Gasteiger partial charge in [0, 0.05) is 0 Å². The van der Waals surface area contributed by atoms with E-state index in [2.05, 4.69) is 5.32 Å². The van der Waals surface area contributed by atoms with Crippen LogP contribution in [0.2, 0.25) is 0 Å². The smallest absolute Gasteiger partial charge is 0.407 e. The topological polar surface area (TPSA) is 64.6 Å². The average Bonchev–Trinajstić information content (AvgIpc) is 2.08. The van der Waals surface area contributed by atoms with Gasteiger partial charge in [0.05, 0.1) is 11.5 Å². The molecule has 1 N–H and O–H groups in total. The molecular weight excluding hydrogens is 234 g/mol. The predicted molar refractivity (Wildman–Crippen MR) is 69.2 cm³/mol. The van der Waals surface area contributed by atoms with Gasteiger partial charge >= 0.3 is 12.1 Å². The van der Waals surface area contributed by atoms with Crippen molar-refractivity contribution in [3.8, 4) is 0 Å². The largest absolute Gasteiger partial charge is 0.463 e. The highest BCUT2D eigenvalue weighted by Crippen LogP contribution is 2.15. The van der Waals surface area contributed by atoms with E-state index in [1.165, 1.54) is 0 Å². The Labute approximate surface area is 109 Å². The molecule has 18 heavy (non-hydrogen) atoms. The Morgan fingerprint density at radius 2 is 1.61 bits per heavy atom. The zero-order valence-corrected chi connectivity index (χ0v) is 12.4. The molecule has 0 saturated heterocycles. The van der Waals surface area contributed by atoms with Gasteiger partial charge in [0.2, 0.25) is 0 Å². The third-order valence-corrected chi connectivity index (χ3v) is 1.84. The van der Waals surface area contributed by atoms with Crippen molar-refractivity contribution in [2.75, 3.05) is 6.61 Å². The van der Waals surface area contributed by atoms with E-state index in [-0.39, 0.29) is 18.6 Å². The summed E-state index contributed by atoms with van der Waals surface area (Å²) in [5.74, 6) is -0.291. The number of esters is 1. The number of hydrogen-bond donors (Lipinski definition) is 1. The lowest BCUT2D eigenvalue weighted by atomic mass is 9.97. The van der Waals surface area contributed by atoms with E-state index < -0.39 is 17.1 Å². The molecule has 1 amide bonds. The highest BCUT2D eigenvalue weighted by Gasteiger charge is 2.24. The van der Waals surface area contributed by atoms with Crippen LogP contribution in [-0.2, 0) is 14.3 Å². The van der Waals surface area contributed by atoms with Crippen molar-refractivity contribution in [1.82, 2.24) is 5.32 Å². The molecule has 0 fully saturated rings. The fourth-order valence-corrected chi connectivity index (χ4v) is 0.968. The second-order valence-corrected chi connectivity index (χ2v) is 6.40. The average molecular weight is 259 g/mol. The summed E-state index contributed by atoms with van der Waals surface area (Å²) in [6.45, 7) is 12.6. The normalized spacial score (nSPS) is 13.7. The second kappa shape index (κ2) is 6.07. The SMILES string of the molecule is CC(COC(=O)C(C)(C)C)NC(=O)OC(C)(C)C. The summed E-state index contributed by atoms with van der Waals surface area (Å²) in [6.07, 6.45) is -0.512. The van der Waals surface area contributed by atoms with Gasteiger partial charge < -0.3 is 14.8 Å². The number of amides is 1. The number of rotatable bonds is 3. The van der Waals surface area contributed by atoms with Gasteiger partial charge in [0.25, 0.3) is 0 Å². The minimum atomic E-state index is -0.536. The zero-order chi connectivity index (χ0) is 14.6. The van der Waals surface area contributed by atoms with Crippen molar-refractivity contribution in [2.24, 2.45) is 5.41 Å². The summed E-state index contributed by atoms with van der Waals surface area (Å²) in [4.78, 5) is 23.0. The fourth-order valence-electron chi connectivity index (χ4n) is 0.968. The van der Waals surface area contributed by atoms with Crippen molar-refractivity contribution < 1.29 is 19.1 Å². The van der Waals surface area contributed by atoms with Crippen LogP contribution in [-0.4, -0.2) is 30.3 Å². The molecule has 0 aromatic carbocycles. The Morgan fingerprint density at radius 1 is 1.11 bits per heavy atom. The molecule has 0 rings (SSSR count). The van der Waals surface area contributed by atoms with Crippen LogP contribution in [0.1, 0.15) is 48.5 Å². The van der Waals surface area contributed by atoms with Crippen LogP contribution in [0.5, 0.6) is 0 Å². The number of carbonyl (C=O) groups is 2. The van der Waals surface area contributed by atoms with Crippen LogP contribution in [0.4, 0.5) is 4.79 Å². The lowest BCUT2D eigenvalue weighted by Gasteiger charge is -2.23. The fraction of sp³-hybridized carbons (Fsp3) is 0.846. The molecule has 0 spiro atoms. The summed E-state index contributed by atoms with van der Waals surface area (Å²) in [6, 6.07) is -0.286. The number of carbonyl (C=O) groups excluding carboxylic acids is 2. The summed E-state index contributed by atoms with van der Waals surface area (Å²) in [5, 5.41) is 2.60. The Kier molecular flexibility index (Phi) is 5.64. The van der Waals surface area contributed by atoms with Crippen LogP contribution in [0, 0.1) is 5.41 Å². The maximum absolute atomic E-state index is 11.5. The van der Waals surface area contributed by atoms with Gasteiger partial charge in [0.15, 0.2) is 0 Å². The van der Waals surface area contributed by atoms with E-state index >= 15 is 0 Å². The van der Waals surface area contributed by atoms with Crippen LogP contribution >= 0.6 is 0 Å². The first-order chi connectivity index (χ1) is 7.92. The highest BCUT2D eigenvalue weighted by atomic mass is 16.6. The van der Waals surface area contributed by atoms with Gasteiger partial charge in [-0.05, 0) is 48.5 Å². The third kappa shape index (κ3) is 7.92. The minimum absolute atomic E-state index is 0.134. The van der Waals surface area contributed by atoms with E-state index in [0.717, 1.165) is 0 Å². The van der Waals surface area contributed by atoms with Crippen LogP contribution in [0.15, 0.2) is 0 Å².